The van der Waals surface area contributed by atoms with E-state index in [0.29, 0.717) is 5.82 Å². The second-order valence-electron chi connectivity index (χ2n) is 5.65. The van der Waals surface area contributed by atoms with Crippen LogP contribution in [0.15, 0.2) is 0 Å². The highest BCUT2D eigenvalue weighted by Crippen LogP contribution is 2.16. The Bertz CT molecular complexity index is 517. The van der Waals surface area contributed by atoms with Gasteiger partial charge in [0, 0.05) is 5.69 Å². The van der Waals surface area contributed by atoms with Gasteiger partial charge in [0.15, 0.2) is 6.04 Å². The van der Waals surface area contributed by atoms with Crippen molar-refractivity contribution < 1.29 is 19.1 Å². The maximum Gasteiger partial charge on any atom is 0.408 e. The van der Waals surface area contributed by atoms with Crippen LogP contribution >= 0.6 is 0 Å². The first-order valence-electron chi connectivity index (χ1n) is 6.80. The van der Waals surface area contributed by atoms with E-state index < -0.39 is 23.7 Å². The Kier molecular flexibility index (Phi) is 5.34. The van der Waals surface area contributed by atoms with E-state index in [9.17, 15) is 9.59 Å². The van der Waals surface area contributed by atoms with Crippen LogP contribution in [0.5, 0.6) is 0 Å². The van der Waals surface area contributed by atoms with Crippen LogP contribution in [0.4, 0.5) is 4.79 Å². The molecule has 0 unspecified atom stereocenters. The van der Waals surface area contributed by atoms with Crippen LogP contribution in [0.3, 0.4) is 0 Å². The van der Waals surface area contributed by atoms with Crippen molar-refractivity contribution in [3.8, 4) is 0 Å². The van der Waals surface area contributed by atoms with E-state index in [1.54, 1.807) is 20.8 Å². The third-order valence-electron chi connectivity index (χ3n) is 2.71. The molecule has 7 heteroatoms. The molecule has 0 fully saturated rings. The summed E-state index contributed by atoms with van der Waals surface area (Å²) in [6, 6.07) is -1.02. The number of carbonyl (C=O) groups excluding carboxylic acids is 2. The molecule has 1 atom stereocenters. The number of hydrogen-bond acceptors (Lipinski definition) is 5. The summed E-state index contributed by atoms with van der Waals surface area (Å²) in [5.74, 6) is -0.278. The molecule has 0 aromatic carbocycles. The zero-order chi connectivity index (χ0) is 16.2. The van der Waals surface area contributed by atoms with Gasteiger partial charge < -0.3 is 19.8 Å². The Morgan fingerprint density at radius 2 is 2.00 bits per heavy atom. The average molecular weight is 297 g/mol. The van der Waals surface area contributed by atoms with Crippen LogP contribution in [0.25, 0.3) is 0 Å². The quantitative estimate of drug-likeness (QED) is 0.829. The molecule has 0 saturated carbocycles. The standard InChI is InChI=1S/C14H23N3O4/c1-7-9-8(2)15-11(16-9)10(12(18)20-6)17-13(19)21-14(3,4)5/h10H,7H2,1-6H3,(H,15,16)(H,17,19)/t10-/m0/s1. The Hall–Kier alpha value is -2.05. The van der Waals surface area contributed by atoms with Gasteiger partial charge in [-0.3, -0.25) is 0 Å². The fraction of sp³-hybridized carbons (Fsp3) is 0.643. The molecule has 2 N–H and O–H groups in total. The molecule has 0 saturated heterocycles. The number of aromatic amines is 1. The summed E-state index contributed by atoms with van der Waals surface area (Å²) >= 11 is 0. The number of rotatable bonds is 4. The van der Waals surface area contributed by atoms with Gasteiger partial charge >= 0.3 is 12.1 Å². The van der Waals surface area contributed by atoms with Gasteiger partial charge in [-0.1, -0.05) is 6.92 Å². The molecule has 0 spiro atoms. The summed E-state index contributed by atoms with van der Waals surface area (Å²) in [7, 11) is 1.25. The first kappa shape index (κ1) is 17.0. The van der Waals surface area contributed by atoms with Crippen molar-refractivity contribution >= 4 is 12.1 Å². The molecule has 1 amide bonds. The normalized spacial score (nSPS) is 12.7. The van der Waals surface area contributed by atoms with Gasteiger partial charge in [-0.15, -0.1) is 0 Å². The second-order valence-corrected chi connectivity index (χ2v) is 5.65. The lowest BCUT2D eigenvalue weighted by atomic mass is 10.2. The number of esters is 1. The van der Waals surface area contributed by atoms with Gasteiger partial charge in [-0.2, -0.15) is 0 Å². The minimum atomic E-state index is -1.02. The Labute approximate surface area is 124 Å². The lowest BCUT2D eigenvalue weighted by Gasteiger charge is -2.21. The minimum Gasteiger partial charge on any atom is -0.467 e. The van der Waals surface area contributed by atoms with E-state index >= 15 is 0 Å². The molecule has 1 aromatic rings. The van der Waals surface area contributed by atoms with Gasteiger partial charge in [0.2, 0.25) is 0 Å². The van der Waals surface area contributed by atoms with Gasteiger partial charge in [0.05, 0.1) is 12.8 Å². The second kappa shape index (κ2) is 6.60. The summed E-state index contributed by atoms with van der Waals surface area (Å²) in [5.41, 5.74) is 1.04. The predicted octanol–water partition coefficient (Wildman–Crippen LogP) is 2.02. The number of amides is 1. The molecular weight excluding hydrogens is 274 g/mol. The lowest BCUT2D eigenvalue weighted by Crippen LogP contribution is -2.39. The summed E-state index contributed by atoms with van der Waals surface area (Å²) in [4.78, 5) is 31.0. The molecule has 7 nitrogen and oxygen atoms in total. The first-order chi connectivity index (χ1) is 9.67. The fourth-order valence-corrected chi connectivity index (χ4v) is 1.78. The van der Waals surface area contributed by atoms with Crippen LogP contribution < -0.4 is 5.32 Å². The number of aryl methyl sites for hydroxylation is 2. The Morgan fingerprint density at radius 1 is 1.38 bits per heavy atom. The maximum atomic E-state index is 11.9. The highest BCUT2D eigenvalue weighted by atomic mass is 16.6. The smallest absolute Gasteiger partial charge is 0.408 e. The highest BCUT2D eigenvalue weighted by molar-refractivity contribution is 5.82. The van der Waals surface area contributed by atoms with Crippen LogP contribution in [0.2, 0.25) is 0 Å². The van der Waals surface area contributed by atoms with E-state index in [1.165, 1.54) is 7.11 Å². The van der Waals surface area contributed by atoms with Crippen molar-refractivity contribution in [3.63, 3.8) is 0 Å². The number of alkyl carbamates (subject to hydrolysis) is 1. The van der Waals surface area contributed by atoms with Gasteiger partial charge in [-0.05, 0) is 34.1 Å². The van der Waals surface area contributed by atoms with Crippen molar-refractivity contribution in [1.29, 1.82) is 0 Å². The van der Waals surface area contributed by atoms with E-state index in [1.807, 2.05) is 13.8 Å². The number of aromatic nitrogens is 2. The zero-order valence-electron chi connectivity index (χ0n) is 13.4. The third-order valence-corrected chi connectivity index (χ3v) is 2.71. The molecule has 1 heterocycles. The van der Waals surface area contributed by atoms with Gasteiger partial charge in [0.25, 0.3) is 0 Å². The van der Waals surface area contributed by atoms with E-state index in [-0.39, 0.29) is 0 Å². The summed E-state index contributed by atoms with van der Waals surface area (Å²) in [6.45, 7) is 9.04. The number of hydrogen-bond donors (Lipinski definition) is 2. The molecular formula is C14H23N3O4. The van der Waals surface area contributed by atoms with Crippen LogP contribution in [-0.2, 0) is 20.7 Å². The molecule has 21 heavy (non-hydrogen) atoms. The van der Waals surface area contributed by atoms with Gasteiger partial charge in [-0.25, -0.2) is 14.6 Å². The minimum absolute atomic E-state index is 0.335. The molecule has 1 aromatic heterocycles. The Balaban J connectivity index is 2.95. The van der Waals surface area contributed by atoms with E-state index in [4.69, 9.17) is 9.47 Å². The number of methoxy groups -OCH3 is 1. The predicted molar refractivity (Wildman–Crippen MR) is 76.8 cm³/mol. The van der Waals surface area contributed by atoms with Crippen molar-refractivity contribution in [1.82, 2.24) is 15.3 Å². The summed E-state index contributed by atoms with van der Waals surface area (Å²) in [5, 5.41) is 2.48. The van der Waals surface area contributed by atoms with Crippen molar-refractivity contribution in [2.45, 2.75) is 52.7 Å². The fourth-order valence-electron chi connectivity index (χ4n) is 1.78. The Morgan fingerprint density at radius 3 is 2.43 bits per heavy atom. The van der Waals surface area contributed by atoms with Crippen molar-refractivity contribution in [2.75, 3.05) is 7.11 Å². The SMILES string of the molecule is CCc1nc([C@H](NC(=O)OC(C)(C)C)C(=O)OC)[nH]c1C. The largest absolute Gasteiger partial charge is 0.467 e. The topological polar surface area (TPSA) is 93.3 Å². The molecule has 0 aliphatic carbocycles. The number of nitrogens with one attached hydrogen (secondary N) is 2. The highest BCUT2D eigenvalue weighted by Gasteiger charge is 2.29. The number of H-pyrrole nitrogens is 1. The van der Waals surface area contributed by atoms with E-state index in [0.717, 1.165) is 17.8 Å². The van der Waals surface area contributed by atoms with Crippen LogP contribution in [-0.4, -0.2) is 34.7 Å². The first-order valence-corrected chi connectivity index (χ1v) is 6.80. The monoisotopic (exact) mass is 297 g/mol. The molecule has 118 valence electrons. The number of ether oxygens (including phenoxy) is 2. The molecule has 0 radical (unpaired) electrons. The zero-order valence-corrected chi connectivity index (χ0v) is 13.4. The molecule has 0 aliphatic rings. The lowest BCUT2D eigenvalue weighted by molar-refractivity contribution is -0.143. The number of carbonyl (C=O) groups is 2. The number of imidazole rings is 1. The average Bonchev–Trinajstić information content (AvgIpc) is 2.74. The number of nitrogens with zero attached hydrogens (tertiary/aromatic N) is 1. The summed E-state index contributed by atoms with van der Waals surface area (Å²) in [6.07, 6.45) is 0.0212. The van der Waals surface area contributed by atoms with Crippen molar-refractivity contribution in [2.24, 2.45) is 0 Å². The summed E-state index contributed by atoms with van der Waals surface area (Å²) < 4.78 is 9.86. The maximum absolute atomic E-state index is 11.9. The van der Waals surface area contributed by atoms with Crippen LogP contribution in [0.1, 0.15) is 50.9 Å². The molecule has 1 rings (SSSR count). The molecule has 0 aliphatic heterocycles. The van der Waals surface area contributed by atoms with Crippen molar-refractivity contribution in [3.05, 3.63) is 17.2 Å². The van der Waals surface area contributed by atoms with Crippen LogP contribution in [0, 0.1) is 6.92 Å². The third kappa shape index (κ3) is 4.77. The molecule has 0 bridgehead atoms. The van der Waals surface area contributed by atoms with Gasteiger partial charge in [0.1, 0.15) is 11.4 Å². The van der Waals surface area contributed by atoms with E-state index in [2.05, 4.69) is 15.3 Å².